The summed E-state index contributed by atoms with van der Waals surface area (Å²) in [4.78, 5) is 0. The molecule has 0 saturated carbocycles. The molecule has 1 aromatic rings. The lowest BCUT2D eigenvalue weighted by Crippen LogP contribution is -2.18. The lowest BCUT2D eigenvalue weighted by Gasteiger charge is -2.14. The molecule has 7 heteroatoms. The van der Waals surface area contributed by atoms with Gasteiger partial charge in [0.2, 0.25) is 0 Å². The third-order valence-electron chi connectivity index (χ3n) is 1.88. The van der Waals surface area contributed by atoms with E-state index in [-0.39, 0.29) is 18.1 Å². The van der Waals surface area contributed by atoms with Crippen molar-refractivity contribution in [3.63, 3.8) is 0 Å². The zero-order valence-electron chi connectivity index (χ0n) is 9.59. The molecule has 0 atom stereocenters. The molecule has 102 valence electrons. The van der Waals surface area contributed by atoms with Crippen LogP contribution in [-0.2, 0) is 4.74 Å². The van der Waals surface area contributed by atoms with Crippen molar-refractivity contribution in [1.29, 1.82) is 0 Å². The molecule has 0 aliphatic heterocycles. The Morgan fingerprint density at radius 2 is 1.89 bits per heavy atom. The van der Waals surface area contributed by atoms with Gasteiger partial charge in [0.15, 0.2) is 11.5 Å². The first-order valence-electron chi connectivity index (χ1n) is 5.09. The predicted molar refractivity (Wildman–Crippen MR) is 62.8 cm³/mol. The molecule has 1 aromatic carbocycles. The molecule has 0 aromatic heterocycles. The Morgan fingerprint density at radius 3 is 2.50 bits per heavy atom. The highest BCUT2D eigenvalue weighted by Gasteiger charge is 2.32. The van der Waals surface area contributed by atoms with Crippen LogP contribution in [-0.4, -0.2) is 26.7 Å². The van der Waals surface area contributed by atoms with E-state index in [0.29, 0.717) is 17.5 Å². The normalized spacial score (nSPS) is 11.4. The molecule has 0 aliphatic rings. The molecule has 0 fully saturated rings. The molecule has 0 heterocycles. The van der Waals surface area contributed by atoms with Crippen LogP contribution in [0.15, 0.2) is 22.7 Å². The van der Waals surface area contributed by atoms with Gasteiger partial charge >= 0.3 is 6.36 Å². The third kappa shape index (κ3) is 5.59. The molecule has 0 bridgehead atoms. The Labute approximate surface area is 111 Å². The molecule has 0 unspecified atom stereocenters. The second kappa shape index (κ2) is 6.84. The molecule has 0 aliphatic carbocycles. The SMILES string of the molecule is COCCCOc1cc(Br)ccc1OC(F)(F)F. The van der Waals surface area contributed by atoms with Crippen LogP contribution >= 0.6 is 15.9 Å². The number of halogens is 4. The largest absolute Gasteiger partial charge is 0.573 e. The van der Waals surface area contributed by atoms with Crippen LogP contribution in [0, 0.1) is 0 Å². The highest BCUT2D eigenvalue weighted by molar-refractivity contribution is 9.10. The number of alkyl halides is 3. The zero-order valence-corrected chi connectivity index (χ0v) is 11.2. The molecular weight excluding hydrogens is 317 g/mol. The van der Waals surface area contributed by atoms with E-state index in [2.05, 4.69) is 20.7 Å². The molecular formula is C11H12BrF3O3. The quantitative estimate of drug-likeness (QED) is 0.744. The van der Waals surface area contributed by atoms with E-state index in [4.69, 9.17) is 9.47 Å². The molecule has 0 saturated heterocycles. The summed E-state index contributed by atoms with van der Waals surface area (Å²) in [5.41, 5.74) is 0. The first-order valence-corrected chi connectivity index (χ1v) is 5.88. The summed E-state index contributed by atoms with van der Waals surface area (Å²) in [7, 11) is 1.54. The number of hydrogen-bond donors (Lipinski definition) is 0. The molecule has 18 heavy (non-hydrogen) atoms. The van der Waals surface area contributed by atoms with Crippen molar-refractivity contribution >= 4 is 15.9 Å². The molecule has 0 spiro atoms. The topological polar surface area (TPSA) is 27.7 Å². The average molecular weight is 329 g/mol. The minimum Gasteiger partial charge on any atom is -0.490 e. The summed E-state index contributed by atoms with van der Waals surface area (Å²) < 4.78 is 51.0. The Balaban J connectivity index is 2.71. The maximum atomic E-state index is 12.2. The van der Waals surface area contributed by atoms with Gasteiger partial charge in [-0.1, -0.05) is 15.9 Å². The highest BCUT2D eigenvalue weighted by Crippen LogP contribution is 2.34. The van der Waals surface area contributed by atoms with Gasteiger partial charge < -0.3 is 14.2 Å². The van der Waals surface area contributed by atoms with Crippen molar-refractivity contribution in [2.24, 2.45) is 0 Å². The summed E-state index contributed by atoms with van der Waals surface area (Å²) in [6.45, 7) is 0.724. The number of benzene rings is 1. The van der Waals surface area contributed by atoms with Crippen molar-refractivity contribution in [3.8, 4) is 11.5 Å². The van der Waals surface area contributed by atoms with Gasteiger partial charge in [0, 0.05) is 24.6 Å². The van der Waals surface area contributed by atoms with Gasteiger partial charge in [-0.15, -0.1) is 13.2 Å². The molecule has 0 amide bonds. The molecule has 3 nitrogen and oxygen atoms in total. The van der Waals surface area contributed by atoms with Gasteiger partial charge in [-0.3, -0.25) is 0 Å². The molecule has 1 rings (SSSR count). The van der Waals surface area contributed by atoms with E-state index in [1.54, 1.807) is 0 Å². The van der Waals surface area contributed by atoms with Crippen LogP contribution < -0.4 is 9.47 Å². The van der Waals surface area contributed by atoms with E-state index in [0.717, 1.165) is 0 Å². The second-order valence-electron chi connectivity index (χ2n) is 3.33. The van der Waals surface area contributed by atoms with Gasteiger partial charge in [-0.25, -0.2) is 0 Å². The standard InChI is InChI=1S/C11H12BrF3O3/c1-16-5-2-6-17-10-7-8(12)3-4-9(10)18-11(13,14)15/h3-4,7H,2,5-6H2,1H3. The summed E-state index contributed by atoms with van der Waals surface area (Å²) in [6.07, 6.45) is -4.16. The van der Waals surface area contributed by atoms with Crippen molar-refractivity contribution in [2.75, 3.05) is 20.3 Å². The van der Waals surface area contributed by atoms with Gasteiger partial charge in [-0.05, 0) is 18.2 Å². The predicted octanol–water partition coefficient (Wildman–Crippen LogP) is 3.76. The van der Waals surface area contributed by atoms with Gasteiger partial charge in [-0.2, -0.15) is 0 Å². The molecule has 0 N–H and O–H groups in total. The average Bonchev–Trinajstić information content (AvgIpc) is 2.26. The Hall–Kier alpha value is -0.950. The lowest BCUT2D eigenvalue weighted by molar-refractivity contribution is -0.275. The fourth-order valence-electron chi connectivity index (χ4n) is 1.19. The van der Waals surface area contributed by atoms with Crippen molar-refractivity contribution in [3.05, 3.63) is 22.7 Å². The summed E-state index contributed by atoms with van der Waals surface area (Å²) >= 11 is 3.16. The van der Waals surface area contributed by atoms with Crippen LogP contribution in [0.1, 0.15) is 6.42 Å². The first kappa shape index (κ1) is 15.1. The van der Waals surface area contributed by atoms with E-state index in [1.807, 2.05) is 0 Å². The van der Waals surface area contributed by atoms with Gasteiger partial charge in [0.25, 0.3) is 0 Å². The summed E-state index contributed by atoms with van der Waals surface area (Å²) in [5.74, 6) is -0.319. The van der Waals surface area contributed by atoms with Gasteiger partial charge in [0.1, 0.15) is 0 Å². The van der Waals surface area contributed by atoms with E-state index < -0.39 is 6.36 Å². The van der Waals surface area contributed by atoms with E-state index >= 15 is 0 Å². The van der Waals surface area contributed by atoms with E-state index in [9.17, 15) is 13.2 Å². The maximum Gasteiger partial charge on any atom is 0.573 e. The van der Waals surface area contributed by atoms with Crippen molar-refractivity contribution in [2.45, 2.75) is 12.8 Å². The van der Waals surface area contributed by atoms with Crippen LogP contribution in [0.3, 0.4) is 0 Å². The van der Waals surface area contributed by atoms with Crippen molar-refractivity contribution in [1.82, 2.24) is 0 Å². The smallest absolute Gasteiger partial charge is 0.490 e. The molecule has 0 radical (unpaired) electrons. The van der Waals surface area contributed by atoms with E-state index in [1.165, 1.54) is 25.3 Å². The van der Waals surface area contributed by atoms with Crippen LogP contribution in [0.5, 0.6) is 11.5 Å². The summed E-state index contributed by atoms with van der Waals surface area (Å²) in [6, 6.07) is 4.07. The monoisotopic (exact) mass is 328 g/mol. The maximum absolute atomic E-state index is 12.2. The highest BCUT2D eigenvalue weighted by atomic mass is 79.9. The van der Waals surface area contributed by atoms with Crippen LogP contribution in [0.25, 0.3) is 0 Å². The lowest BCUT2D eigenvalue weighted by atomic mass is 10.3. The second-order valence-corrected chi connectivity index (χ2v) is 4.25. The first-order chi connectivity index (χ1) is 8.42. The fraction of sp³-hybridized carbons (Fsp3) is 0.455. The number of methoxy groups -OCH3 is 1. The van der Waals surface area contributed by atoms with Crippen molar-refractivity contribution < 1.29 is 27.4 Å². The fourth-order valence-corrected chi connectivity index (χ4v) is 1.53. The third-order valence-corrected chi connectivity index (χ3v) is 2.38. The van der Waals surface area contributed by atoms with Crippen LogP contribution in [0.2, 0.25) is 0 Å². The number of ether oxygens (including phenoxy) is 3. The minimum absolute atomic E-state index is 0.0396. The Bertz CT molecular complexity index is 382. The Kier molecular flexibility index (Phi) is 5.74. The summed E-state index contributed by atoms with van der Waals surface area (Å²) in [5, 5.41) is 0. The number of hydrogen-bond acceptors (Lipinski definition) is 3. The van der Waals surface area contributed by atoms with Crippen LogP contribution in [0.4, 0.5) is 13.2 Å². The van der Waals surface area contributed by atoms with Gasteiger partial charge in [0.05, 0.1) is 6.61 Å². The zero-order chi connectivity index (χ0) is 13.6. The number of rotatable bonds is 6. The Morgan fingerprint density at radius 1 is 1.17 bits per heavy atom. The minimum atomic E-state index is -4.74.